The molecule has 0 saturated heterocycles. The Kier molecular flexibility index (Phi) is 4.40. The van der Waals surface area contributed by atoms with E-state index in [1.54, 1.807) is 0 Å². The molecule has 0 aliphatic carbocycles. The van der Waals surface area contributed by atoms with Crippen molar-refractivity contribution in [1.82, 2.24) is 0 Å². The molecule has 0 rings (SSSR count). The molecule has 0 aromatic rings. The van der Waals surface area contributed by atoms with Crippen molar-refractivity contribution in [3.05, 3.63) is 0 Å². The molecule has 0 bridgehead atoms. The first kappa shape index (κ1) is 6.30. The zero-order chi connectivity index (χ0) is 4.28. The van der Waals surface area contributed by atoms with E-state index in [4.69, 9.17) is 33.2 Å². The topological polar surface area (TPSA) is 0 Å². The fourth-order valence-corrected chi connectivity index (χ4v) is 0. The second kappa shape index (κ2) is 3.49. The Morgan fingerprint density at radius 3 is 1.60 bits per heavy atom. The largest absolute Gasteiger partial charge is 0.235 e. The van der Waals surface area contributed by atoms with Crippen molar-refractivity contribution in [3.8, 4) is 0 Å². The van der Waals surface area contributed by atoms with E-state index in [1.165, 1.54) is 0 Å². The Bertz CT molecular complexity index is 18.9. The monoisotopic (exact) mass is 164 g/mol. The summed E-state index contributed by atoms with van der Waals surface area (Å²) in [6.07, 6.45) is 0. The lowest BCUT2D eigenvalue weighted by Gasteiger charge is -1.77. The fraction of sp³-hybridized carbons (Fsp3) is 0. The predicted octanol–water partition coefficient (Wildman–Crippen LogP) is 0.504. The van der Waals surface area contributed by atoms with E-state index >= 15 is 0 Å². The lowest BCUT2D eigenvalue weighted by Crippen LogP contribution is -1.96. The maximum Gasteiger partial charge on any atom is 0.235 e. The van der Waals surface area contributed by atoms with Crippen LogP contribution >= 0.6 is 33.2 Å². The minimum Gasteiger partial charge on any atom is -0.177 e. The van der Waals surface area contributed by atoms with Crippen LogP contribution in [-0.4, -0.2) is 15.3 Å². The molecule has 0 N–H and O–H groups in total. The zero-order valence-corrected chi connectivity index (χ0v) is 7.26. The van der Waals surface area contributed by atoms with Gasteiger partial charge in [0.15, 0.2) is 0 Å². The number of hydrogen-bond acceptors (Lipinski definition) is 0. The van der Waals surface area contributed by atoms with Crippen LogP contribution in [0.1, 0.15) is 0 Å². The molecule has 0 aromatic carbocycles. The number of hydrogen-bond donors (Lipinski definition) is 0. The summed E-state index contributed by atoms with van der Waals surface area (Å²) in [6, 6.07) is 0. The maximum atomic E-state index is 5.30. The molecule has 0 spiro atoms. The third-order valence-corrected chi connectivity index (χ3v) is 9.45. The molecule has 0 atom stereocenters. The van der Waals surface area contributed by atoms with Gasteiger partial charge in [-0.1, -0.05) is 0 Å². The summed E-state index contributed by atoms with van der Waals surface area (Å²) in [4.78, 5) is 0. The van der Waals surface area contributed by atoms with Gasteiger partial charge >= 0.3 is 0 Å². The molecule has 0 amide bonds. The van der Waals surface area contributed by atoms with Crippen molar-refractivity contribution < 1.29 is 0 Å². The Balaban J connectivity index is 2.54. The van der Waals surface area contributed by atoms with E-state index in [0.717, 1.165) is 0 Å². The van der Waals surface area contributed by atoms with Gasteiger partial charge in [0.1, 0.15) is 8.35 Å². The fourth-order valence-electron chi connectivity index (χ4n) is 0. The molecular weight excluding hydrogens is 163 g/mol. The van der Waals surface area contributed by atoms with Gasteiger partial charge in [0.25, 0.3) is 0 Å². The van der Waals surface area contributed by atoms with Gasteiger partial charge in [0.2, 0.25) is 6.93 Å². The van der Waals surface area contributed by atoms with Gasteiger partial charge in [-0.05, 0) is 0 Å². The van der Waals surface area contributed by atoms with Gasteiger partial charge in [-0.2, -0.15) is 33.2 Å². The zero-order valence-electron chi connectivity index (χ0n) is 2.42. The van der Waals surface area contributed by atoms with Crippen molar-refractivity contribution >= 4 is 48.5 Å². The highest BCUT2D eigenvalue weighted by molar-refractivity contribution is 7.64. The number of halogens is 3. The summed E-state index contributed by atoms with van der Waals surface area (Å²) >= 11 is 15.9. The molecule has 0 aromatic heterocycles. The van der Waals surface area contributed by atoms with E-state index in [-0.39, 0.29) is 0 Å². The van der Waals surface area contributed by atoms with Crippen LogP contribution in [-0.2, 0) is 0 Å². The predicted molar refractivity (Wildman–Crippen MR) is 33.3 cm³/mol. The smallest absolute Gasteiger partial charge is 0.177 e. The van der Waals surface area contributed by atoms with Crippen LogP contribution in [0.5, 0.6) is 0 Å². The highest BCUT2D eigenvalue weighted by Crippen LogP contribution is 1.92. The summed E-state index contributed by atoms with van der Waals surface area (Å²) in [7, 11) is -0.509. The maximum absolute atomic E-state index is 5.30. The van der Waals surface area contributed by atoms with Gasteiger partial charge in [0.05, 0.1) is 0 Å². The van der Waals surface area contributed by atoms with Gasteiger partial charge < -0.3 is 0 Å². The van der Waals surface area contributed by atoms with Crippen molar-refractivity contribution in [2.45, 2.75) is 0 Å². The lowest BCUT2D eigenvalue weighted by molar-refractivity contribution is 3.94. The Morgan fingerprint density at radius 2 is 1.60 bits per heavy atom. The van der Waals surface area contributed by atoms with Crippen molar-refractivity contribution in [3.63, 3.8) is 0 Å². The quantitative estimate of drug-likeness (QED) is 0.392. The molecule has 0 aliphatic heterocycles. The van der Waals surface area contributed by atoms with Crippen LogP contribution in [0.4, 0.5) is 0 Å². The molecule has 0 unspecified atom stereocenters. The summed E-state index contributed by atoms with van der Waals surface area (Å²) in [5.41, 5.74) is 0. The van der Waals surface area contributed by atoms with Crippen molar-refractivity contribution in [2.75, 3.05) is 0 Å². The van der Waals surface area contributed by atoms with Gasteiger partial charge in [0, 0.05) is 0 Å². The minimum atomic E-state index is -1.30. The van der Waals surface area contributed by atoms with E-state index in [0.29, 0.717) is 0 Å². The third kappa shape index (κ3) is 5.30. The molecule has 0 fully saturated rings. The van der Waals surface area contributed by atoms with Crippen molar-refractivity contribution in [2.24, 2.45) is 0 Å². The second-order valence-corrected chi connectivity index (χ2v) is 14.7. The highest BCUT2D eigenvalue weighted by atomic mass is 35.7. The Labute approximate surface area is 48.7 Å². The van der Waals surface area contributed by atoms with E-state index in [9.17, 15) is 0 Å². The SMILES string of the molecule is Cl[SiH2][SiH](Cl)Cl. The first-order chi connectivity index (χ1) is 2.27. The van der Waals surface area contributed by atoms with E-state index < -0.39 is 15.3 Å². The molecule has 5 heteroatoms. The molecule has 0 aliphatic rings. The highest BCUT2D eigenvalue weighted by Gasteiger charge is 1.95. The first-order valence-corrected chi connectivity index (χ1v) is 10.0. The van der Waals surface area contributed by atoms with Gasteiger partial charge in [-0.15, -0.1) is 0 Å². The van der Waals surface area contributed by atoms with Gasteiger partial charge in [-0.25, -0.2) is 0 Å². The average molecular weight is 166 g/mol. The van der Waals surface area contributed by atoms with Crippen molar-refractivity contribution in [1.29, 1.82) is 0 Å². The summed E-state index contributed by atoms with van der Waals surface area (Å²) in [6.45, 7) is -1.30. The molecule has 5 heavy (non-hydrogen) atoms. The number of rotatable bonds is 1. The Hall–Kier alpha value is 1.30. The van der Waals surface area contributed by atoms with Crippen LogP contribution in [0.15, 0.2) is 0 Å². The molecule has 0 saturated carbocycles. The molecule has 0 heterocycles. The molecule has 0 nitrogen and oxygen atoms in total. The lowest BCUT2D eigenvalue weighted by atomic mass is 26.9. The minimum absolute atomic E-state index is 0.509. The first-order valence-electron chi connectivity index (χ1n) is 1.11. The summed E-state index contributed by atoms with van der Waals surface area (Å²) < 4.78 is 0. The van der Waals surface area contributed by atoms with Gasteiger partial charge in [-0.3, -0.25) is 0 Å². The van der Waals surface area contributed by atoms with Crippen LogP contribution in [0.3, 0.4) is 0 Å². The van der Waals surface area contributed by atoms with E-state index in [1.807, 2.05) is 0 Å². The standard InChI is InChI=1S/Cl3H3Si2/c1-4-5(2)3/h5H,4H2. The van der Waals surface area contributed by atoms with Crippen LogP contribution in [0, 0.1) is 0 Å². The molecular formula is H3Cl3Si2. The summed E-state index contributed by atoms with van der Waals surface area (Å²) in [5.74, 6) is 0. The van der Waals surface area contributed by atoms with E-state index in [2.05, 4.69) is 0 Å². The Morgan fingerprint density at radius 1 is 1.40 bits per heavy atom. The van der Waals surface area contributed by atoms with Crippen LogP contribution in [0.2, 0.25) is 0 Å². The molecule has 0 radical (unpaired) electrons. The second-order valence-electron chi connectivity index (χ2n) is 0.545. The third-order valence-electron chi connectivity index (χ3n) is 0.117. The summed E-state index contributed by atoms with van der Waals surface area (Å²) in [5, 5.41) is 0. The van der Waals surface area contributed by atoms with Crippen LogP contribution < -0.4 is 0 Å². The normalized spacial score (nSPS) is 12.0. The molecule has 32 valence electrons. The van der Waals surface area contributed by atoms with Crippen LogP contribution in [0.25, 0.3) is 0 Å². The average Bonchev–Trinajstić information content (AvgIpc) is 1.38.